The predicted molar refractivity (Wildman–Crippen MR) is 191 cm³/mol. The first-order valence-corrected chi connectivity index (χ1v) is 24.6. The first-order chi connectivity index (χ1) is 24.6. The number of rotatable bonds is 6. The third-order valence-corrected chi connectivity index (χ3v) is 11.2. The van der Waals surface area contributed by atoms with Gasteiger partial charge in [-0.2, -0.15) is 13.2 Å². The second-order valence-corrected chi connectivity index (χ2v) is 21.2. The molecule has 0 saturated heterocycles. The van der Waals surface area contributed by atoms with Crippen molar-refractivity contribution in [3.05, 3.63) is 182 Å². The molecule has 0 heterocycles. The van der Waals surface area contributed by atoms with E-state index in [1.54, 1.807) is 0 Å². The summed E-state index contributed by atoms with van der Waals surface area (Å²) in [6.45, 7) is 0. The molecule has 53 heavy (non-hydrogen) atoms. The van der Waals surface area contributed by atoms with Crippen LogP contribution in [-0.4, -0.2) is 38.0 Å². The molecule has 0 amide bonds. The summed E-state index contributed by atoms with van der Waals surface area (Å²) in [4.78, 5) is 8.17. The molecule has 0 aliphatic carbocycles. The fraction of sp³-hybridized carbons (Fsp3) is 0.0270. The van der Waals surface area contributed by atoms with E-state index in [4.69, 9.17) is 13.0 Å². The predicted octanol–water partition coefficient (Wildman–Crippen LogP) is 11.8. The Hall–Kier alpha value is -3.88. The molecule has 0 bridgehead atoms. The molecular formula is C37H30F9O3S3Sb. The molecule has 0 aromatic heterocycles. The normalized spacial score (nSPS) is 12.8. The van der Waals surface area contributed by atoms with Crippen LogP contribution >= 0.6 is 0 Å². The number of halogens is 9. The second kappa shape index (κ2) is 18.0. The van der Waals surface area contributed by atoms with Crippen LogP contribution in [0.4, 0.5) is 30.0 Å². The van der Waals surface area contributed by atoms with E-state index < -0.39 is 35.1 Å². The largest absolute Gasteiger partial charge is 0.166 e. The quantitative estimate of drug-likeness (QED) is 0.0550. The monoisotopic (exact) mass is 910 g/mol. The summed E-state index contributed by atoms with van der Waals surface area (Å²) < 4.78 is 118. The molecule has 282 valence electrons. The van der Waals surface area contributed by atoms with Gasteiger partial charge in [0.1, 0.15) is 0 Å². The zero-order valence-electron chi connectivity index (χ0n) is 27.1. The molecule has 6 aromatic carbocycles. The first-order valence-electron chi connectivity index (χ1n) is 15.0. The van der Waals surface area contributed by atoms with E-state index in [1.165, 1.54) is 29.4 Å². The maximum Gasteiger partial charge on any atom is 0.166 e. The molecule has 0 aliphatic rings. The van der Waals surface area contributed by atoms with Gasteiger partial charge in [0.05, 0.1) is 21.8 Å². The van der Waals surface area contributed by atoms with Gasteiger partial charge in [-0.1, -0.05) is 109 Å². The van der Waals surface area contributed by atoms with E-state index in [1.807, 2.05) is 0 Å². The summed E-state index contributed by atoms with van der Waals surface area (Å²) in [7, 11) is -6.12. The standard InChI is InChI=1S/2C18H15S.CHF3O3S.6FH.Sb/c2*1-4-10-16(11-5-1)19(17-12-6-2-7-13-17)18-14-8-3-9-15-18;2-1(3,4)8(5,6)7;;;;;;;/h2*1-15H;(H,5,6,7);6*1H;/q2*+1;;;;;;;;+5/p-7. The van der Waals surface area contributed by atoms with Crippen molar-refractivity contribution < 1.29 is 43.0 Å². The van der Waals surface area contributed by atoms with Crippen LogP contribution in [0.15, 0.2) is 211 Å². The maximum absolute atomic E-state index is 11.2. The van der Waals surface area contributed by atoms with E-state index in [-0.39, 0.29) is 21.8 Å². The van der Waals surface area contributed by atoms with Gasteiger partial charge < -0.3 is 4.55 Å². The van der Waals surface area contributed by atoms with Crippen LogP contribution < -0.4 is 0 Å². The smallest absolute Gasteiger partial charge is 0.0619 e. The summed E-state index contributed by atoms with van der Waals surface area (Å²) in [5.41, 5.74) is -5.65. The van der Waals surface area contributed by atoms with E-state index in [2.05, 4.69) is 182 Å². The van der Waals surface area contributed by atoms with Gasteiger partial charge in [0.15, 0.2) is 39.5 Å². The topological polar surface area (TPSA) is 57.2 Å². The van der Waals surface area contributed by atoms with Crippen molar-refractivity contribution in [2.75, 3.05) is 0 Å². The Morgan fingerprint density at radius 1 is 0.377 bits per heavy atom. The number of benzene rings is 6. The molecule has 0 aliphatic heterocycles. The van der Waals surface area contributed by atoms with Crippen LogP contribution in [0.1, 0.15) is 0 Å². The van der Waals surface area contributed by atoms with Gasteiger partial charge in [-0.3, -0.25) is 0 Å². The Kier molecular flexibility index (Phi) is 14.8. The van der Waals surface area contributed by atoms with Crippen molar-refractivity contribution in [3.63, 3.8) is 0 Å². The Balaban J connectivity index is 0.000000209. The maximum atomic E-state index is 10.7. The molecule has 3 nitrogen and oxygen atoms in total. The first kappa shape index (κ1) is 43.5. The third kappa shape index (κ3) is 17.2. The number of hydrogen-bond acceptors (Lipinski definition) is 3. The molecule has 6 rings (SSSR count). The van der Waals surface area contributed by atoms with Gasteiger partial charge in [-0.25, -0.2) is 8.42 Å². The fourth-order valence-corrected chi connectivity index (χ4v) is 8.36. The summed E-state index contributed by atoms with van der Waals surface area (Å²) in [6.07, 6.45) is 0. The van der Waals surface area contributed by atoms with E-state index >= 15 is 0 Å². The molecule has 0 unspecified atom stereocenters. The SMILES string of the molecule is O=S(=O)([O-])C(F)(F)F.[F][Sb-]([F])([F])([F])([F])[F].c1ccc([S+](c2ccccc2)c2ccccc2)cc1.c1ccc([S+](c2ccccc2)c2ccccc2)cc1. The Morgan fingerprint density at radius 2 is 0.491 bits per heavy atom. The minimum Gasteiger partial charge on any atom is -0.0619 e. The van der Waals surface area contributed by atoms with Gasteiger partial charge in [-0.15, -0.1) is 0 Å². The molecular weight excluding hydrogens is 881 g/mol. The van der Waals surface area contributed by atoms with Crippen molar-refractivity contribution in [2.24, 2.45) is 0 Å². The van der Waals surface area contributed by atoms with Crippen molar-refractivity contribution in [1.82, 2.24) is 0 Å². The zero-order valence-corrected chi connectivity index (χ0v) is 32.1. The van der Waals surface area contributed by atoms with Crippen LogP contribution in [0.5, 0.6) is 0 Å². The molecule has 0 atom stereocenters. The summed E-state index contributed by atoms with van der Waals surface area (Å²) in [6, 6.07) is 64.3. The molecule has 0 radical (unpaired) electrons. The Labute approximate surface area is 309 Å². The minimum absolute atomic E-state index is 0.0146. The van der Waals surface area contributed by atoms with Crippen LogP contribution in [-0.2, 0) is 31.9 Å². The van der Waals surface area contributed by atoms with E-state index in [9.17, 15) is 30.0 Å². The summed E-state index contributed by atoms with van der Waals surface area (Å²) in [5, 5.41) is 0. The Morgan fingerprint density at radius 3 is 0.585 bits per heavy atom. The molecule has 0 fully saturated rings. The van der Waals surface area contributed by atoms with Crippen molar-refractivity contribution in [3.8, 4) is 0 Å². The minimum atomic E-state index is -11.2. The van der Waals surface area contributed by atoms with Crippen molar-refractivity contribution in [1.29, 1.82) is 0 Å². The summed E-state index contributed by atoms with van der Waals surface area (Å²) >= 11 is -11.2. The molecule has 0 spiro atoms. The average Bonchev–Trinajstić information content (AvgIpc) is 3.10. The zero-order chi connectivity index (χ0) is 39.2. The van der Waals surface area contributed by atoms with Crippen LogP contribution in [0.25, 0.3) is 0 Å². The van der Waals surface area contributed by atoms with Gasteiger partial charge in [0.25, 0.3) is 0 Å². The molecule has 16 heteroatoms. The number of hydrogen-bond donors (Lipinski definition) is 0. The van der Waals surface area contributed by atoms with Crippen LogP contribution in [0.2, 0.25) is 0 Å². The van der Waals surface area contributed by atoms with Crippen molar-refractivity contribution >= 4 is 51.4 Å². The van der Waals surface area contributed by atoms with Gasteiger partial charge in [0.2, 0.25) is 0 Å². The van der Waals surface area contributed by atoms with Crippen LogP contribution in [0.3, 0.4) is 0 Å². The van der Waals surface area contributed by atoms with Crippen LogP contribution in [0, 0.1) is 0 Å². The second-order valence-electron chi connectivity index (χ2n) is 10.3. The summed E-state index contributed by atoms with van der Waals surface area (Å²) in [5.74, 6) is 0. The Bertz CT molecular complexity index is 1750. The van der Waals surface area contributed by atoms with E-state index in [0.717, 1.165) is 0 Å². The number of alkyl halides is 3. The average molecular weight is 912 g/mol. The van der Waals surface area contributed by atoms with Gasteiger partial charge in [0, 0.05) is 0 Å². The van der Waals surface area contributed by atoms with Gasteiger partial charge >= 0.3 is 41.9 Å². The fourth-order valence-electron chi connectivity index (χ4n) is 4.16. The van der Waals surface area contributed by atoms with Gasteiger partial charge in [-0.05, 0) is 72.8 Å². The van der Waals surface area contributed by atoms with E-state index in [0.29, 0.717) is 0 Å². The third-order valence-electron chi connectivity index (χ3n) is 6.16. The van der Waals surface area contributed by atoms with Crippen molar-refractivity contribution in [2.45, 2.75) is 34.9 Å². The molecule has 0 saturated carbocycles. The molecule has 6 aromatic rings. The molecule has 0 N–H and O–H groups in total.